The number of carbonyl (C=O) groups excluding carboxylic acids is 1. The number of amides is 1. The SMILES string of the molecule is CCC(=O)N1CCC(Cc2ccnn2C)CC1. The molecule has 1 amide bonds. The first kappa shape index (κ1) is 12.1. The van der Waals surface area contributed by atoms with Crippen LogP contribution in [0.15, 0.2) is 12.3 Å². The minimum Gasteiger partial charge on any atom is -0.343 e. The molecule has 0 unspecified atom stereocenters. The molecule has 0 bridgehead atoms. The smallest absolute Gasteiger partial charge is 0.222 e. The van der Waals surface area contributed by atoms with E-state index in [2.05, 4.69) is 11.2 Å². The zero-order valence-electron chi connectivity index (χ0n) is 10.7. The summed E-state index contributed by atoms with van der Waals surface area (Å²) in [7, 11) is 1.99. The first-order chi connectivity index (χ1) is 8.20. The Kier molecular flexibility index (Phi) is 3.82. The summed E-state index contributed by atoms with van der Waals surface area (Å²) in [5.74, 6) is 0.996. The number of hydrogen-bond donors (Lipinski definition) is 0. The van der Waals surface area contributed by atoms with Crippen LogP contribution in [0.5, 0.6) is 0 Å². The van der Waals surface area contributed by atoms with E-state index in [1.165, 1.54) is 5.69 Å². The Hall–Kier alpha value is -1.32. The molecule has 0 aliphatic carbocycles. The van der Waals surface area contributed by atoms with E-state index in [-0.39, 0.29) is 0 Å². The molecular weight excluding hydrogens is 214 g/mol. The van der Waals surface area contributed by atoms with Crippen molar-refractivity contribution in [2.24, 2.45) is 13.0 Å². The van der Waals surface area contributed by atoms with Gasteiger partial charge in [0.05, 0.1) is 0 Å². The van der Waals surface area contributed by atoms with E-state index in [0.29, 0.717) is 18.2 Å². The fourth-order valence-corrected chi connectivity index (χ4v) is 2.51. The van der Waals surface area contributed by atoms with Gasteiger partial charge in [-0.15, -0.1) is 0 Å². The topological polar surface area (TPSA) is 38.1 Å². The molecule has 0 saturated carbocycles. The number of aryl methyl sites for hydroxylation is 1. The maximum absolute atomic E-state index is 11.6. The average molecular weight is 235 g/mol. The van der Waals surface area contributed by atoms with Crippen LogP contribution in [-0.4, -0.2) is 33.7 Å². The predicted molar refractivity (Wildman–Crippen MR) is 66.5 cm³/mol. The van der Waals surface area contributed by atoms with Gasteiger partial charge in [0.25, 0.3) is 0 Å². The molecule has 2 heterocycles. The van der Waals surface area contributed by atoms with Gasteiger partial charge < -0.3 is 4.90 Å². The van der Waals surface area contributed by atoms with Crippen molar-refractivity contribution in [1.29, 1.82) is 0 Å². The van der Waals surface area contributed by atoms with Gasteiger partial charge in [-0.3, -0.25) is 9.48 Å². The number of nitrogens with zero attached hydrogens (tertiary/aromatic N) is 3. The molecule has 0 aromatic carbocycles. The van der Waals surface area contributed by atoms with Gasteiger partial charge in [-0.05, 0) is 31.2 Å². The molecule has 4 heteroatoms. The van der Waals surface area contributed by atoms with Crippen LogP contribution in [0.1, 0.15) is 31.9 Å². The Balaban J connectivity index is 1.83. The monoisotopic (exact) mass is 235 g/mol. The summed E-state index contributed by atoms with van der Waals surface area (Å²) < 4.78 is 1.95. The average Bonchev–Trinajstić information content (AvgIpc) is 2.75. The Labute approximate surface area is 103 Å². The lowest BCUT2D eigenvalue weighted by molar-refractivity contribution is -0.132. The zero-order chi connectivity index (χ0) is 12.3. The molecule has 1 aromatic rings. The van der Waals surface area contributed by atoms with Gasteiger partial charge in [-0.25, -0.2) is 0 Å². The van der Waals surface area contributed by atoms with Crippen molar-refractivity contribution in [3.05, 3.63) is 18.0 Å². The van der Waals surface area contributed by atoms with E-state index < -0.39 is 0 Å². The second kappa shape index (κ2) is 5.34. The highest BCUT2D eigenvalue weighted by molar-refractivity contribution is 5.75. The molecular formula is C13H21N3O. The molecule has 0 spiro atoms. The fraction of sp³-hybridized carbons (Fsp3) is 0.692. The highest BCUT2D eigenvalue weighted by atomic mass is 16.2. The molecule has 94 valence electrons. The highest BCUT2D eigenvalue weighted by Crippen LogP contribution is 2.21. The van der Waals surface area contributed by atoms with Gasteiger partial charge >= 0.3 is 0 Å². The number of carbonyl (C=O) groups is 1. The lowest BCUT2D eigenvalue weighted by atomic mass is 9.92. The maximum atomic E-state index is 11.6. The normalized spacial score (nSPS) is 17.4. The van der Waals surface area contributed by atoms with Gasteiger partial charge in [0, 0.05) is 38.4 Å². The number of likely N-dealkylation sites (tertiary alicyclic amines) is 1. The third kappa shape index (κ3) is 2.87. The second-order valence-electron chi connectivity index (χ2n) is 4.83. The number of aromatic nitrogens is 2. The third-order valence-electron chi connectivity index (χ3n) is 3.69. The Bertz CT molecular complexity index is 378. The third-order valence-corrected chi connectivity index (χ3v) is 3.69. The van der Waals surface area contributed by atoms with Crippen LogP contribution in [0.4, 0.5) is 0 Å². The lowest BCUT2D eigenvalue weighted by Crippen LogP contribution is -2.38. The van der Waals surface area contributed by atoms with Crippen molar-refractivity contribution in [2.75, 3.05) is 13.1 Å². The van der Waals surface area contributed by atoms with Crippen LogP contribution in [0, 0.1) is 5.92 Å². The van der Waals surface area contributed by atoms with Crippen LogP contribution in [0.2, 0.25) is 0 Å². The molecule has 1 aliphatic heterocycles. The molecule has 1 aliphatic rings. The van der Waals surface area contributed by atoms with Crippen molar-refractivity contribution in [3.63, 3.8) is 0 Å². The standard InChI is InChI=1S/C13H21N3O/c1-3-13(17)16-8-5-11(6-9-16)10-12-4-7-14-15(12)2/h4,7,11H,3,5-6,8-10H2,1-2H3. The quantitative estimate of drug-likeness (QED) is 0.798. The summed E-state index contributed by atoms with van der Waals surface area (Å²) in [5.41, 5.74) is 1.30. The van der Waals surface area contributed by atoms with Gasteiger partial charge in [-0.2, -0.15) is 5.10 Å². The Morgan fingerprint density at radius 2 is 2.18 bits per heavy atom. The fourth-order valence-electron chi connectivity index (χ4n) is 2.51. The Morgan fingerprint density at radius 3 is 2.71 bits per heavy atom. The molecule has 0 atom stereocenters. The number of rotatable bonds is 3. The van der Waals surface area contributed by atoms with Crippen molar-refractivity contribution in [2.45, 2.75) is 32.6 Å². The van der Waals surface area contributed by atoms with Crippen LogP contribution in [0.3, 0.4) is 0 Å². The molecule has 1 aromatic heterocycles. The summed E-state index contributed by atoms with van der Waals surface area (Å²) in [4.78, 5) is 13.6. The Morgan fingerprint density at radius 1 is 1.47 bits per heavy atom. The molecule has 4 nitrogen and oxygen atoms in total. The van der Waals surface area contributed by atoms with E-state index in [0.717, 1.165) is 32.4 Å². The summed E-state index contributed by atoms with van der Waals surface area (Å²) in [5, 5.41) is 4.19. The van der Waals surface area contributed by atoms with E-state index >= 15 is 0 Å². The lowest BCUT2D eigenvalue weighted by Gasteiger charge is -2.31. The van der Waals surface area contributed by atoms with Crippen molar-refractivity contribution >= 4 is 5.91 Å². The first-order valence-corrected chi connectivity index (χ1v) is 6.45. The largest absolute Gasteiger partial charge is 0.343 e. The van der Waals surface area contributed by atoms with Gasteiger partial charge in [0.2, 0.25) is 5.91 Å². The van der Waals surface area contributed by atoms with Crippen molar-refractivity contribution in [3.8, 4) is 0 Å². The van der Waals surface area contributed by atoms with Gasteiger partial charge in [0.1, 0.15) is 0 Å². The highest BCUT2D eigenvalue weighted by Gasteiger charge is 2.22. The summed E-state index contributed by atoms with van der Waals surface area (Å²) in [6.45, 7) is 3.79. The van der Waals surface area contributed by atoms with E-state index in [1.54, 1.807) is 0 Å². The van der Waals surface area contributed by atoms with Crippen LogP contribution in [-0.2, 0) is 18.3 Å². The van der Waals surface area contributed by atoms with Gasteiger partial charge in [0.15, 0.2) is 0 Å². The zero-order valence-corrected chi connectivity index (χ0v) is 10.7. The van der Waals surface area contributed by atoms with Gasteiger partial charge in [-0.1, -0.05) is 6.92 Å². The molecule has 0 radical (unpaired) electrons. The van der Waals surface area contributed by atoms with Crippen molar-refractivity contribution in [1.82, 2.24) is 14.7 Å². The molecule has 0 N–H and O–H groups in total. The summed E-state index contributed by atoms with van der Waals surface area (Å²) in [6.07, 6.45) is 5.82. The van der Waals surface area contributed by atoms with Crippen LogP contribution in [0.25, 0.3) is 0 Å². The maximum Gasteiger partial charge on any atom is 0.222 e. The van der Waals surface area contributed by atoms with E-state index in [1.807, 2.05) is 29.7 Å². The van der Waals surface area contributed by atoms with Crippen LogP contribution < -0.4 is 0 Å². The van der Waals surface area contributed by atoms with Crippen LogP contribution >= 0.6 is 0 Å². The number of piperidine rings is 1. The molecule has 2 rings (SSSR count). The van der Waals surface area contributed by atoms with E-state index in [9.17, 15) is 4.79 Å². The summed E-state index contributed by atoms with van der Waals surface area (Å²) >= 11 is 0. The second-order valence-corrected chi connectivity index (χ2v) is 4.83. The summed E-state index contributed by atoms with van der Waals surface area (Å²) in [6, 6.07) is 2.09. The minimum absolute atomic E-state index is 0.295. The predicted octanol–water partition coefficient (Wildman–Crippen LogP) is 1.61. The van der Waals surface area contributed by atoms with E-state index in [4.69, 9.17) is 0 Å². The first-order valence-electron chi connectivity index (χ1n) is 6.45. The molecule has 1 saturated heterocycles. The minimum atomic E-state index is 0.295. The number of hydrogen-bond acceptors (Lipinski definition) is 2. The molecule has 1 fully saturated rings. The molecule has 17 heavy (non-hydrogen) atoms. The van der Waals surface area contributed by atoms with Crippen molar-refractivity contribution < 1.29 is 4.79 Å².